The van der Waals surface area contributed by atoms with Gasteiger partial charge in [0, 0.05) is 0 Å². The molecule has 0 radical (unpaired) electrons. The quantitative estimate of drug-likeness (QED) is 0.642. The van der Waals surface area contributed by atoms with E-state index in [1.165, 1.54) is 19.2 Å². The van der Waals surface area contributed by atoms with E-state index in [9.17, 15) is 13.2 Å². The van der Waals surface area contributed by atoms with Crippen molar-refractivity contribution in [2.45, 2.75) is 29.4 Å². The number of methoxy groups -OCH3 is 1. The highest BCUT2D eigenvalue weighted by molar-refractivity contribution is 7.92. The van der Waals surface area contributed by atoms with Crippen molar-refractivity contribution in [2.75, 3.05) is 7.11 Å². The Hall–Kier alpha value is -1.60. The van der Waals surface area contributed by atoms with Crippen molar-refractivity contribution >= 4 is 15.7 Å². The third-order valence-electron chi connectivity index (χ3n) is 3.69. The highest BCUT2D eigenvalue weighted by atomic mass is 32.2. The van der Waals surface area contributed by atoms with Gasteiger partial charge >= 0.3 is 0 Å². The first-order chi connectivity index (χ1) is 9.50. The van der Waals surface area contributed by atoms with Crippen LogP contribution in [-0.4, -0.2) is 31.9 Å². The third kappa shape index (κ3) is 2.64. The monoisotopic (exact) mass is 299 g/mol. The van der Waals surface area contributed by atoms with Gasteiger partial charge in [0.2, 0.25) is 5.91 Å². The van der Waals surface area contributed by atoms with Gasteiger partial charge in [-0.15, -0.1) is 0 Å². The molecule has 20 heavy (non-hydrogen) atoms. The number of benzene rings is 1. The van der Waals surface area contributed by atoms with Crippen LogP contribution in [0.3, 0.4) is 0 Å². The maximum Gasteiger partial charge on any atom is 0.247 e. The van der Waals surface area contributed by atoms with E-state index in [0.717, 1.165) is 0 Å². The van der Waals surface area contributed by atoms with Gasteiger partial charge in [-0.25, -0.2) is 13.9 Å². The van der Waals surface area contributed by atoms with Gasteiger partial charge in [-0.3, -0.25) is 10.0 Å². The van der Waals surface area contributed by atoms with E-state index in [4.69, 9.17) is 9.94 Å². The molecule has 1 saturated carbocycles. The van der Waals surface area contributed by atoms with E-state index in [1.807, 2.05) is 0 Å². The molecule has 1 aliphatic carbocycles. The van der Waals surface area contributed by atoms with Gasteiger partial charge in [0.15, 0.2) is 9.84 Å². The summed E-state index contributed by atoms with van der Waals surface area (Å²) in [6, 6.07) is 6.09. The minimum atomic E-state index is -3.60. The molecule has 1 aromatic rings. The van der Waals surface area contributed by atoms with Crippen LogP contribution in [0.1, 0.15) is 19.3 Å². The molecule has 2 rings (SSSR count). The summed E-state index contributed by atoms with van der Waals surface area (Å²) < 4.78 is 30.1. The topological polar surface area (TPSA) is 92.7 Å². The summed E-state index contributed by atoms with van der Waals surface area (Å²) >= 11 is 0. The van der Waals surface area contributed by atoms with Crippen molar-refractivity contribution in [3.63, 3.8) is 0 Å². The van der Waals surface area contributed by atoms with E-state index in [1.54, 1.807) is 17.6 Å². The summed E-state index contributed by atoms with van der Waals surface area (Å²) in [5.41, 5.74) is 1.56. The largest absolute Gasteiger partial charge is 0.497 e. The van der Waals surface area contributed by atoms with Gasteiger partial charge in [-0.2, -0.15) is 0 Å². The van der Waals surface area contributed by atoms with Gasteiger partial charge in [-0.1, -0.05) is 6.42 Å². The van der Waals surface area contributed by atoms with E-state index < -0.39 is 26.9 Å². The molecule has 0 heterocycles. The average molecular weight is 299 g/mol. The van der Waals surface area contributed by atoms with Crippen LogP contribution in [0, 0.1) is 5.92 Å². The number of carbonyl (C=O) groups excluding carboxylic acids is 1. The van der Waals surface area contributed by atoms with Crippen LogP contribution in [0.4, 0.5) is 0 Å². The average Bonchev–Trinajstić information content (AvgIpc) is 2.96. The summed E-state index contributed by atoms with van der Waals surface area (Å²) in [6.07, 6.45) is 1.54. The first-order valence-corrected chi connectivity index (χ1v) is 7.87. The molecule has 0 aliphatic heterocycles. The molecule has 1 amide bonds. The second kappa shape index (κ2) is 5.80. The molecule has 2 N–H and O–H groups in total. The molecule has 110 valence electrons. The molecule has 6 nitrogen and oxygen atoms in total. The lowest BCUT2D eigenvalue weighted by Gasteiger charge is -2.18. The fourth-order valence-corrected chi connectivity index (χ4v) is 4.65. The number of sulfone groups is 1. The lowest BCUT2D eigenvalue weighted by atomic mass is 10.1. The number of hydrogen-bond donors (Lipinski definition) is 2. The number of hydroxylamine groups is 1. The van der Waals surface area contributed by atoms with Gasteiger partial charge in [0.1, 0.15) is 5.75 Å². The molecule has 0 bridgehead atoms. The maximum atomic E-state index is 12.6. The van der Waals surface area contributed by atoms with Crippen LogP contribution in [0.25, 0.3) is 0 Å². The lowest BCUT2D eigenvalue weighted by molar-refractivity contribution is -0.133. The number of carbonyl (C=O) groups is 1. The number of nitrogens with one attached hydrogen (secondary N) is 1. The van der Waals surface area contributed by atoms with Crippen molar-refractivity contribution < 1.29 is 23.2 Å². The lowest BCUT2D eigenvalue weighted by Crippen LogP contribution is -2.36. The van der Waals surface area contributed by atoms with Crippen LogP contribution in [0.15, 0.2) is 29.2 Å². The highest BCUT2D eigenvalue weighted by Gasteiger charge is 2.42. The molecule has 7 heteroatoms. The maximum absolute atomic E-state index is 12.6. The molecule has 1 aromatic carbocycles. The molecular weight excluding hydrogens is 282 g/mol. The first-order valence-electron chi connectivity index (χ1n) is 6.32. The van der Waals surface area contributed by atoms with Crippen molar-refractivity contribution in [3.05, 3.63) is 24.3 Å². The van der Waals surface area contributed by atoms with Gasteiger partial charge < -0.3 is 4.74 Å². The number of ether oxygens (including phenoxy) is 1. The van der Waals surface area contributed by atoms with E-state index >= 15 is 0 Å². The van der Waals surface area contributed by atoms with Crippen LogP contribution in [0.2, 0.25) is 0 Å². The van der Waals surface area contributed by atoms with E-state index in [0.29, 0.717) is 25.0 Å². The minimum absolute atomic E-state index is 0.168. The molecule has 1 aliphatic rings. The molecule has 2 atom stereocenters. The molecule has 0 saturated heterocycles. The molecule has 1 unspecified atom stereocenters. The summed E-state index contributed by atoms with van der Waals surface area (Å²) in [4.78, 5) is 11.7. The summed E-state index contributed by atoms with van der Waals surface area (Å²) in [7, 11) is -2.09. The Kier molecular flexibility index (Phi) is 4.29. The third-order valence-corrected chi connectivity index (χ3v) is 5.98. The van der Waals surface area contributed by atoms with Crippen LogP contribution < -0.4 is 10.2 Å². The zero-order valence-corrected chi connectivity index (χ0v) is 11.9. The second-order valence-corrected chi connectivity index (χ2v) is 6.94. The summed E-state index contributed by atoms with van der Waals surface area (Å²) in [5.74, 6) is -0.767. The normalized spacial score (nSPS) is 22.5. The Labute approximate surface area is 117 Å². The Bertz CT molecular complexity index is 581. The first kappa shape index (κ1) is 14.8. The van der Waals surface area contributed by atoms with E-state index in [-0.39, 0.29) is 4.90 Å². The minimum Gasteiger partial charge on any atom is -0.497 e. The molecule has 1 fully saturated rings. The van der Waals surface area contributed by atoms with Crippen LogP contribution in [0.5, 0.6) is 5.75 Å². The Morgan fingerprint density at radius 2 is 1.95 bits per heavy atom. The highest BCUT2D eigenvalue weighted by Crippen LogP contribution is 2.35. The SMILES string of the molecule is COc1ccc(S(=O)(=O)C2CCC[C@@H]2C(=O)NO)cc1. The number of rotatable bonds is 4. The second-order valence-electron chi connectivity index (χ2n) is 4.77. The zero-order valence-electron chi connectivity index (χ0n) is 11.1. The fraction of sp³-hybridized carbons (Fsp3) is 0.462. The summed E-state index contributed by atoms with van der Waals surface area (Å²) in [6.45, 7) is 0. The Balaban J connectivity index is 2.31. The van der Waals surface area contributed by atoms with Crippen molar-refractivity contribution in [2.24, 2.45) is 5.92 Å². The smallest absolute Gasteiger partial charge is 0.247 e. The van der Waals surface area contributed by atoms with Gasteiger partial charge in [0.05, 0.1) is 23.2 Å². The molecular formula is C13H17NO5S. The predicted octanol–water partition coefficient (Wildman–Crippen LogP) is 1.14. The summed E-state index contributed by atoms with van der Waals surface area (Å²) in [5, 5.41) is 7.92. The van der Waals surface area contributed by atoms with Crippen molar-refractivity contribution in [3.8, 4) is 5.75 Å². The number of amides is 1. The van der Waals surface area contributed by atoms with Crippen LogP contribution >= 0.6 is 0 Å². The standard InChI is InChI=1S/C13H17NO5S/c1-19-9-5-7-10(8-6-9)20(17,18)12-4-2-3-11(12)13(15)14-16/h5-8,11-12,16H,2-4H2,1H3,(H,14,15)/t11-,12?/m0/s1. The van der Waals surface area contributed by atoms with Crippen molar-refractivity contribution in [1.82, 2.24) is 5.48 Å². The Morgan fingerprint density at radius 1 is 1.30 bits per heavy atom. The van der Waals surface area contributed by atoms with Crippen LogP contribution in [-0.2, 0) is 14.6 Å². The van der Waals surface area contributed by atoms with Crippen molar-refractivity contribution in [1.29, 1.82) is 0 Å². The number of hydrogen-bond acceptors (Lipinski definition) is 5. The van der Waals surface area contributed by atoms with Gasteiger partial charge in [-0.05, 0) is 37.1 Å². The van der Waals surface area contributed by atoms with E-state index in [2.05, 4.69) is 0 Å². The Morgan fingerprint density at radius 3 is 2.50 bits per heavy atom. The molecule has 0 spiro atoms. The zero-order chi connectivity index (χ0) is 14.8. The fourth-order valence-electron chi connectivity index (χ4n) is 2.62. The predicted molar refractivity (Wildman–Crippen MR) is 71.2 cm³/mol. The molecule has 0 aromatic heterocycles. The van der Waals surface area contributed by atoms with Gasteiger partial charge in [0.25, 0.3) is 0 Å².